The van der Waals surface area contributed by atoms with Gasteiger partial charge in [-0.25, -0.2) is 4.98 Å². The molecule has 7 heteroatoms. The molecule has 0 atom stereocenters. The molecule has 4 N–H and O–H groups in total. The Kier molecular flexibility index (Phi) is 6.26. The normalized spacial score (nSPS) is 19.6. The number of anilines is 2. The molecule has 1 saturated carbocycles. The van der Waals surface area contributed by atoms with E-state index in [9.17, 15) is 5.26 Å². The van der Waals surface area contributed by atoms with Crippen LogP contribution in [0.5, 0.6) is 0 Å². The van der Waals surface area contributed by atoms with Gasteiger partial charge in [-0.2, -0.15) is 10.2 Å². The summed E-state index contributed by atoms with van der Waals surface area (Å²) in [6, 6.07) is 10.1. The number of benzene rings is 1. The summed E-state index contributed by atoms with van der Waals surface area (Å²) in [6.07, 6.45) is 5.89. The van der Waals surface area contributed by atoms with Crippen LogP contribution in [-0.4, -0.2) is 22.6 Å². The van der Waals surface area contributed by atoms with E-state index in [0.29, 0.717) is 40.9 Å². The van der Waals surface area contributed by atoms with Gasteiger partial charge in [0.15, 0.2) is 0 Å². The van der Waals surface area contributed by atoms with Crippen molar-refractivity contribution in [3.63, 3.8) is 0 Å². The summed E-state index contributed by atoms with van der Waals surface area (Å²) in [6.45, 7) is 1.31. The van der Waals surface area contributed by atoms with Crippen molar-refractivity contribution in [2.45, 2.75) is 38.3 Å². The number of hydrogen-bond acceptors (Lipinski definition) is 6. The van der Waals surface area contributed by atoms with Crippen LogP contribution in [0, 0.1) is 17.2 Å². The summed E-state index contributed by atoms with van der Waals surface area (Å²) in [5, 5.41) is 16.5. The third-order valence-corrected chi connectivity index (χ3v) is 5.12. The maximum absolute atomic E-state index is 9.30. The topological polar surface area (TPSA) is 99.6 Å². The second-order valence-corrected chi connectivity index (χ2v) is 7.08. The van der Waals surface area contributed by atoms with Gasteiger partial charge in [0.25, 0.3) is 0 Å². The van der Waals surface area contributed by atoms with Crippen molar-refractivity contribution in [1.29, 1.82) is 5.26 Å². The molecule has 0 aliphatic heterocycles. The molecule has 0 saturated heterocycles. The molecule has 0 amide bonds. The molecule has 1 aromatic heterocycles. The second kappa shape index (κ2) is 8.84. The van der Waals surface area contributed by atoms with Gasteiger partial charge in [0.2, 0.25) is 5.95 Å². The number of nitrogens with one attached hydrogen (secondary N) is 2. The first-order valence-corrected chi connectivity index (χ1v) is 9.27. The van der Waals surface area contributed by atoms with E-state index in [1.54, 1.807) is 6.20 Å². The summed E-state index contributed by atoms with van der Waals surface area (Å²) in [5.41, 5.74) is 7.37. The highest BCUT2D eigenvalue weighted by atomic mass is 35.5. The van der Waals surface area contributed by atoms with Crippen molar-refractivity contribution in [2.75, 3.05) is 17.2 Å². The summed E-state index contributed by atoms with van der Waals surface area (Å²) < 4.78 is 0. The quantitative estimate of drug-likeness (QED) is 0.719. The smallest absolute Gasteiger partial charge is 0.224 e. The van der Waals surface area contributed by atoms with Gasteiger partial charge in [0.05, 0.1) is 6.20 Å². The molecule has 1 aliphatic carbocycles. The van der Waals surface area contributed by atoms with E-state index in [0.717, 1.165) is 37.8 Å². The fraction of sp³-hybridized carbons (Fsp3) is 0.421. The zero-order valence-corrected chi connectivity index (χ0v) is 15.3. The molecule has 6 nitrogen and oxygen atoms in total. The maximum Gasteiger partial charge on any atom is 0.224 e. The molecule has 0 unspecified atom stereocenters. The Morgan fingerprint density at radius 2 is 1.96 bits per heavy atom. The summed E-state index contributed by atoms with van der Waals surface area (Å²) in [5.74, 6) is 1.60. The first-order valence-electron chi connectivity index (χ1n) is 8.89. The first kappa shape index (κ1) is 18.4. The maximum atomic E-state index is 9.30. The van der Waals surface area contributed by atoms with E-state index in [-0.39, 0.29) is 0 Å². The van der Waals surface area contributed by atoms with Crippen LogP contribution in [0.2, 0.25) is 5.02 Å². The van der Waals surface area contributed by atoms with Crippen molar-refractivity contribution in [1.82, 2.24) is 9.97 Å². The predicted octanol–water partition coefficient (Wildman–Crippen LogP) is 3.54. The van der Waals surface area contributed by atoms with Gasteiger partial charge in [0, 0.05) is 24.2 Å². The average molecular weight is 371 g/mol. The molecule has 26 heavy (non-hydrogen) atoms. The molecule has 3 rings (SSSR count). The predicted molar refractivity (Wildman–Crippen MR) is 104 cm³/mol. The minimum absolute atomic E-state index is 0.334. The van der Waals surface area contributed by atoms with Crippen LogP contribution in [0.15, 0.2) is 30.5 Å². The van der Waals surface area contributed by atoms with E-state index < -0.39 is 0 Å². The monoisotopic (exact) mass is 370 g/mol. The van der Waals surface area contributed by atoms with Crippen LogP contribution < -0.4 is 16.4 Å². The minimum Gasteiger partial charge on any atom is -0.369 e. The molecule has 1 aliphatic rings. The van der Waals surface area contributed by atoms with Gasteiger partial charge in [-0.15, -0.1) is 0 Å². The Morgan fingerprint density at radius 1 is 1.19 bits per heavy atom. The number of nitrogens with two attached hydrogens (primary N) is 1. The van der Waals surface area contributed by atoms with Gasteiger partial charge in [-0.3, -0.25) is 0 Å². The Hall–Kier alpha value is -2.36. The molecular formula is C19H23ClN6. The Labute approximate surface area is 158 Å². The molecule has 0 spiro atoms. The number of aromatic nitrogens is 2. The van der Waals surface area contributed by atoms with Crippen molar-refractivity contribution < 1.29 is 0 Å². The van der Waals surface area contributed by atoms with Gasteiger partial charge in [-0.05, 0) is 43.2 Å². The summed E-state index contributed by atoms with van der Waals surface area (Å²) in [7, 11) is 0. The first-order chi connectivity index (χ1) is 12.7. The van der Waals surface area contributed by atoms with Gasteiger partial charge < -0.3 is 16.4 Å². The van der Waals surface area contributed by atoms with E-state index in [2.05, 4.69) is 26.7 Å². The fourth-order valence-corrected chi connectivity index (χ4v) is 3.34. The largest absolute Gasteiger partial charge is 0.369 e. The number of rotatable bonds is 6. The second-order valence-electron chi connectivity index (χ2n) is 6.67. The SMILES string of the molecule is N#Cc1cnc(NCc2ccccc2Cl)nc1NCC1CCC(N)CC1. The van der Waals surface area contributed by atoms with E-state index in [1.165, 1.54) is 0 Å². The molecule has 2 aromatic rings. The number of hydrogen-bond donors (Lipinski definition) is 3. The molecule has 1 heterocycles. The number of nitrogens with zero attached hydrogens (tertiary/aromatic N) is 3. The van der Waals surface area contributed by atoms with Crippen LogP contribution in [0.1, 0.15) is 36.8 Å². The Balaban J connectivity index is 1.62. The van der Waals surface area contributed by atoms with Gasteiger partial charge >= 0.3 is 0 Å². The molecular weight excluding hydrogens is 348 g/mol. The summed E-state index contributed by atoms with van der Waals surface area (Å²) >= 11 is 6.17. The number of nitriles is 1. The lowest BCUT2D eigenvalue weighted by Crippen LogP contribution is -2.29. The van der Waals surface area contributed by atoms with E-state index >= 15 is 0 Å². The molecule has 1 fully saturated rings. The van der Waals surface area contributed by atoms with Crippen molar-refractivity contribution in [3.8, 4) is 6.07 Å². The summed E-state index contributed by atoms with van der Waals surface area (Å²) in [4.78, 5) is 8.68. The van der Waals surface area contributed by atoms with Crippen molar-refractivity contribution >= 4 is 23.4 Å². The van der Waals surface area contributed by atoms with Crippen LogP contribution in [-0.2, 0) is 6.54 Å². The van der Waals surface area contributed by atoms with Gasteiger partial charge in [-0.1, -0.05) is 29.8 Å². The fourth-order valence-electron chi connectivity index (χ4n) is 3.13. The van der Waals surface area contributed by atoms with Crippen LogP contribution in [0.3, 0.4) is 0 Å². The molecule has 0 radical (unpaired) electrons. The lowest BCUT2D eigenvalue weighted by atomic mass is 9.86. The van der Waals surface area contributed by atoms with Crippen molar-refractivity contribution in [3.05, 3.63) is 46.6 Å². The van der Waals surface area contributed by atoms with Crippen LogP contribution >= 0.6 is 11.6 Å². The number of halogens is 1. The average Bonchev–Trinajstić information content (AvgIpc) is 2.67. The Morgan fingerprint density at radius 3 is 2.69 bits per heavy atom. The van der Waals surface area contributed by atoms with Gasteiger partial charge in [0.1, 0.15) is 17.5 Å². The lowest BCUT2D eigenvalue weighted by molar-refractivity contribution is 0.338. The minimum atomic E-state index is 0.334. The molecule has 1 aromatic carbocycles. The van der Waals surface area contributed by atoms with E-state index in [4.69, 9.17) is 17.3 Å². The highest BCUT2D eigenvalue weighted by molar-refractivity contribution is 6.31. The van der Waals surface area contributed by atoms with Crippen LogP contribution in [0.4, 0.5) is 11.8 Å². The lowest BCUT2D eigenvalue weighted by Gasteiger charge is -2.26. The molecule has 136 valence electrons. The highest BCUT2D eigenvalue weighted by Crippen LogP contribution is 2.24. The standard InChI is InChI=1S/C19H23ClN6/c20-17-4-2-1-3-14(17)11-24-19-25-12-15(9-21)18(26-19)23-10-13-5-7-16(22)8-6-13/h1-4,12-13,16H,5-8,10-11,22H2,(H2,23,24,25,26). The third-order valence-electron chi connectivity index (χ3n) is 4.75. The zero-order chi connectivity index (χ0) is 18.4. The van der Waals surface area contributed by atoms with Crippen LogP contribution in [0.25, 0.3) is 0 Å². The third kappa shape index (κ3) is 4.84. The zero-order valence-electron chi connectivity index (χ0n) is 14.6. The van der Waals surface area contributed by atoms with Crippen molar-refractivity contribution in [2.24, 2.45) is 11.7 Å². The highest BCUT2D eigenvalue weighted by Gasteiger charge is 2.19. The molecule has 0 bridgehead atoms. The Bertz CT molecular complexity index is 780. The van der Waals surface area contributed by atoms with E-state index in [1.807, 2.05) is 24.3 Å².